The molecule has 1 aromatic heterocycles. The number of nitrogens with one attached hydrogen (secondary N) is 2. The first-order chi connectivity index (χ1) is 12.5. The van der Waals surface area contributed by atoms with E-state index in [0.717, 1.165) is 41.9 Å². The largest absolute Gasteiger partial charge is 0.481 e. The van der Waals surface area contributed by atoms with Crippen LogP contribution in [0.25, 0.3) is 11.0 Å². The highest BCUT2D eigenvalue weighted by Crippen LogP contribution is 2.31. The van der Waals surface area contributed by atoms with Gasteiger partial charge in [-0.15, -0.1) is 0 Å². The molecule has 0 fully saturated rings. The molecule has 1 heterocycles. The number of aromatic nitrogens is 2. The average molecular weight is 378 g/mol. The molecule has 0 aliphatic heterocycles. The maximum absolute atomic E-state index is 12.3. The number of fused-ring (bicyclic) bond motifs is 1. The predicted molar refractivity (Wildman–Crippen MR) is 104 cm³/mol. The Labute approximate surface area is 158 Å². The lowest BCUT2D eigenvalue weighted by atomic mass is 9.98. The zero-order chi connectivity index (χ0) is 19.1. The van der Waals surface area contributed by atoms with Gasteiger partial charge in [-0.2, -0.15) is 0 Å². The molecule has 0 radical (unpaired) electrons. The number of hydrogen-bond donors (Lipinski definition) is 3. The zero-order valence-electron chi connectivity index (χ0n) is 15.5. The number of imidazole rings is 1. The molecule has 1 aromatic carbocycles. The maximum atomic E-state index is 12.3. The van der Waals surface area contributed by atoms with Crippen LogP contribution in [0.4, 0.5) is 0 Å². The Hall–Kier alpha value is -2.02. The Kier molecular flexibility index (Phi) is 7.50. The van der Waals surface area contributed by atoms with E-state index in [1.807, 2.05) is 24.3 Å². The lowest BCUT2D eigenvalue weighted by Gasteiger charge is -2.26. The number of carboxylic acids is 1. The number of carboxylic acid groups (broad SMARTS) is 1. The molecule has 7 heteroatoms. The van der Waals surface area contributed by atoms with Crippen molar-refractivity contribution in [3.8, 4) is 0 Å². The van der Waals surface area contributed by atoms with Crippen molar-refractivity contribution in [2.24, 2.45) is 11.8 Å². The van der Waals surface area contributed by atoms with E-state index < -0.39 is 17.8 Å². The van der Waals surface area contributed by atoms with Gasteiger partial charge in [-0.25, -0.2) is 4.98 Å². The Bertz CT molecular complexity index is 713. The number of para-hydroxylation sites is 2. The number of carbonyl (C=O) groups is 2. The first-order valence-corrected chi connectivity index (χ1v) is 9.98. The lowest BCUT2D eigenvalue weighted by Crippen LogP contribution is -2.42. The number of rotatable bonds is 10. The van der Waals surface area contributed by atoms with Crippen LogP contribution in [0, 0.1) is 11.8 Å². The summed E-state index contributed by atoms with van der Waals surface area (Å²) in [5.74, 6) is -2.40. The molecule has 0 saturated carbocycles. The van der Waals surface area contributed by atoms with Gasteiger partial charge in [0, 0.05) is 0 Å². The van der Waals surface area contributed by atoms with Crippen molar-refractivity contribution >= 4 is 34.7 Å². The van der Waals surface area contributed by atoms with Gasteiger partial charge in [0.05, 0.1) is 16.4 Å². The second-order valence-electron chi connectivity index (χ2n) is 6.48. The second-order valence-corrected chi connectivity index (χ2v) is 7.61. The minimum absolute atomic E-state index is 0.221. The molecular weight excluding hydrogens is 350 g/mol. The fourth-order valence-electron chi connectivity index (χ4n) is 2.76. The third kappa shape index (κ3) is 5.24. The number of aromatic amines is 1. The number of aliphatic carboxylic acids is 1. The fourth-order valence-corrected chi connectivity index (χ4v) is 4.02. The minimum Gasteiger partial charge on any atom is -0.481 e. The highest BCUT2D eigenvalue weighted by Gasteiger charge is 2.28. The highest BCUT2D eigenvalue weighted by atomic mass is 32.2. The predicted octanol–water partition coefficient (Wildman–Crippen LogP) is 4.03. The summed E-state index contributed by atoms with van der Waals surface area (Å²) < 4.78 is 0. The summed E-state index contributed by atoms with van der Waals surface area (Å²) >= 11 is 1.46. The van der Waals surface area contributed by atoms with Crippen LogP contribution in [0.5, 0.6) is 0 Å². The molecule has 0 spiro atoms. The van der Waals surface area contributed by atoms with Crippen LogP contribution in [0.2, 0.25) is 0 Å². The van der Waals surface area contributed by atoms with Gasteiger partial charge in [-0.1, -0.05) is 57.0 Å². The Morgan fingerprint density at radius 2 is 2.04 bits per heavy atom. The maximum Gasteiger partial charge on any atom is 0.315 e. The smallest absolute Gasteiger partial charge is 0.315 e. The van der Waals surface area contributed by atoms with Crippen molar-refractivity contribution in [3.05, 3.63) is 24.3 Å². The standard InChI is InChI=1S/C19H27N3O3S/c1-4-6-9-13(5-2)17(22-16(23)12(3)18(24)25)26-19-20-14-10-7-8-11-15(14)21-19/h7-8,10-13,17H,4-6,9H2,1-3H3,(H,20,21)(H,22,23)(H,24,25). The van der Waals surface area contributed by atoms with Crippen LogP contribution >= 0.6 is 11.8 Å². The summed E-state index contributed by atoms with van der Waals surface area (Å²) in [4.78, 5) is 31.3. The molecule has 0 aliphatic rings. The van der Waals surface area contributed by atoms with Gasteiger partial charge < -0.3 is 15.4 Å². The van der Waals surface area contributed by atoms with E-state index in [2.05, 4.69) is 29.1 Å². The van der Waals surface area contributed by atoms with Gasteiger partial charge in [-0.3, -0.25) is 9.59 Å². The van der Waals surface area contributed by atoms with Crippen molar-refractivity contribution in [2.75, 3.05) is 0 Å². The van der Waals surface area contributed by atoms with E-state index in [1.165, 1.54) is 18.7 Å². The number of benzene rings is 1. The van der Waals surface area contributed by atoms with Crippen LogP contribution in [0.15, 0.2) is 29.4 Å². The molecule has 6 nitrogen and oxygen atoms in total. The molecular formula is C19H27N3O3S. The van der Waals surface area contributed by atoms with Crippen molar-refractivity contribution in [1.82, 2.24) is 15.3 Å². The normalized spacial score (nSPS) is 14.7. The van der Waals surface area contributed by atoms with E-state index in [0.29, 0.717) is 0 Å². The number of nitrogens with zero attached hydrogens (tertiary/aromatic N) is 1. The van der Waals surface area contributed by atoms with Gasteiger partial charge in [0.2, 0.25) is 5.91 Å². The Morgan fingerprint density at radius 3 is 2.65 bits per heavy atom. The molecule has 0 aliphatic carbocycles. The van der Waals surface area contributed by atoms with E-state index in [1.54, 1.807) is 0 Å². The number of amides is 1. The summed E-state index contributed by atoms with van der Waals surface area (Å²) in [6.07, 6.45) is 4.03. The van der Waals surface area contributed by atoms with E-state index in [9.17, 15) is 9.59 Å². The van der Waals surface area contributed by atoms with Crippen LogP contribution in [-0.2, 0) is 9.59 Å². The SMILES string of the molecule is CCCCC(CC)C(NC(=O)C(C)C(=O)O)Sc1nc2ccccc2[nH]1. The highest BCUT2D eigenvalue weighted by molar-refractivity contribution is 7.99. The number of H-pyrrole nitrogens is 1. The third-order valence-electron chi connectivity index (χ3n) is 4.54. The van der Waals surface area contributed by atoms with Crippen molar-refractivity contribution < 1.29 is 14.7 Å². The molecule has 0 bridgehead atoms. The number of hydrogen-bond acceptors (Lipinski definition) is 4. The molecule has 3 unspecified atom stereocenters. The summed E-state index contributed by atoms with van der Waals surface area (Å²) in [5.41, 5.74) is 1.82. The monoisotopic (exact) mass is 377 g/mol. The topological polar surface area (TPSA) is 95.1 Å². The number of carbonyl (C=O) groups excluding carboxylic acids is 1. The van der Waals surface area contributed by atoms with Crippen molar-refractivity contribution in [2.45, 2.75) is 57.0 Å². The van der Waals surface area contributed by atoms with Gasteiger partial charge in [0.25, 0.3) is 0 Å². The second kappa shape index (κ2) is 9.62. The van der Waals surface area contributed by atoms with Crippen LogP contribution in [0.1, 0.15) is 46.5 Å². The average Bonchev–Trinajstić information content (AvgIpc) is 3.03. The minimum atomic E-state index is -1.11. The van der Waals surface area contributed by atoms with Crippen molar-refractivity contribution in [1.29, 1.82) is 0 Å². The van der Waals surface area contributed by atoms with Gasteiger partial charge >= 0.3 is 5.97 Å². The first kappa shape index (κ1) is 20.3. The van der Waals surface area contributed by atoms with Gasteiger partial charge in [0.15, 0.2) is 5.16 Å². The molecule has 1 amide bonds. The third-order valence-corrected chi connectivity index (χ3v) is 5.71. The van der Waals surface area contributed by atoms with Gasteiger partial charge in [-0.05, 0) is 31.4 Å². The number of unbranched alkanes of at least 4 members (excludes halogenated alkanes) is 1. The quantitative estimate of drug-likeness (QED) is 0.330. The van der Waals surface area contributed by atoms with Crippen LogP contribution in [-0.4, -0.2) is 32.3 Å². The molecule has 26 heavy (non-hydrogen) atoms. The molecule has 2 aromatic rings. The van der Waals surface area contributed by atoms with E-state index >= 15 is 0 Å². The summed E-state index contributed by atoms with van der Waals surface area (Å²) in [7, 11) is 0. The summed E-state index contributed by atoms with van der Waals surface area (Å²) in [6, 6.07) is 7.77. The Morgan fingerprint density at radius 1 is 1.31 bits per heavy atom. The molecule has 3 atom stereocenters. The lowest BCUT2D eigenvalue weighted by molar-refractivity contribution is -0.146. The molecule has 0 saturated heterocycles. The molecule has 2 rings (SSSR count). The Balaban J connectivity index is 2.20. The van der Waals surface area contributed by atoms with E-state index in [4.69, 9.17) is 5.11 Å². The summed E-state index contributed by atoms with van der Waals surface area (Å²) in [5, 5.41) is 12.5. The number of thioether (sulfide) groups is 1. The van der Waals surface area contributed by atoms with Crippen molar-refractivity contribution in [3.63, 3.8) is 0 Å². The van der Waals surface area contributed by atoms with Gasteiger partial charge in [0.1, 0.15) is 5.92 Å². The molecule has 3 N–H and O–H groups in total. The fraction of sp³-hybridized carbons (Fsp3) is 0.526. The molecule has 142 valence electrons. The van der Waals surface area contributed by atoms with Crippen LogP contribution in [0.3, 0.4) is 0 Å². The van der Waals surface area contributed by atoms with Crippen LogP contribution < -0.4 is 5.32 Å². The van der Waals surface area contributed by atoms with E-state index in [-0.39, 0.29) is 11.3 Å². The summed E-state index contributed by atoms with van der Waals surface area (Å²) in [6.45, 7) is 5.64. The zero-order valence-corrected chi connectivity index (χ0v) is 16.3. The first-order valence-electron chi connectivity index (χ1n) is 9.10.